The fourth-order valence-electron chi connectivity index (χ4n) is 5.16. The molecule has 3 saturated heterocycles. The van der Waals surface area contributed by atoms with E-state index in [1.54, 1.807) is 0 Å². The Bertz CT molecular complexity index is 942. The zero-order valence-electron chi connectivity index (χ0n) is 22.7. The Kier molecular flexibility index (Phi) is 12.1. The lowest BCUT2D eigenvalue weighted by Gasteiger charge is -2.50. The van der Waals surface area contributed by atoms with E-state index in [0.29, 0.717) is 0 Å². The third-order valence-corrected chi connectivity index (χ3v) is 7.47. The van der Waals surface area contributed by atoms with Gasteiger partial charge in [0.1, 0.15) is 67.1 Å². The highest BCUT2D eigenvalue weighted by molar-refractivity contribution is 5.76. The molecule has 0 aromatic heterocycles. The van der Waals surface area contributed by atoms with Crippen molar-refractivity contribution in [1.82, 2.24) is 5.32 Å². The van der Waals surface area contributed by atoms with Gasteiger partial charge < -0.3 is 90.3 Å². The summed E-state index contributed by atoms with van der Waals surface area (Å²) in [5.74, 6) is -5.74. The Morgan fingerprint density at radius 2 is 1.53 bits per heavy atom. The summed E-state index contributed by atoms with van der Waals surface area (Å²) in [6.07, 6.45) is -27.8. The van der Waals surface area contributed by atoms with Gasteiger partial charge in [0.05, 0.1) is 32.0 Å². The SMILES string of the molecule is CC(=O)NC1C(O)CC(OC2C(O)C(CO)OC(OC3C(CO)OC(O)C(O)C3O)C2O)(C(=O)O)OC1[C@@H](O)[C@@H](O)CO. The molecule has 0 saturated carbocycles. The lowest BCUT2D eigenvalue weighted by Crippen LogP contribution is -2.70. The Hall–Kier alpha value is -1.70. The van der Waals surface area contributed by atoms with Crippen LogP contribution in [0.15, 0.2) is 0 Å². The van der Waals surface area contributed by atoms with Crippen molar-refractivity contribution >= 4 is 11.9 Å². The second kappa shape index (κ2) is 14.6. The van der Waals surface area contributed by atoms with E-state index in [9.17, 15) is 70.9 Å². The molecule has 16 atom stereocenters. The number of nitrogens with one attached hydrogen (secondary N) is 1. The summed E-state index contributed by atoms with van der Waals surface area (Å²) in [5, 5.41) is 124. The number of carboxylic acid groups (broad SMARTS) is 1. The predicted molar refractivity (Wildman–Crippen MR) is 130 cm³/mol. The van der Waals surface area contributed by atoms with Crippen LogP contribution in [0, 0.1) is 0 Å². The Balaban J connectivity index is 1.94. The fourth-order valence-corrected chi connectivity index (χ4v) is 5.16. The first-order valence-corrected chi connectivity index (χ1v) is 13.2. The van der Waals surface area contributed by atoms with Crippen LogP contribution in [0.1, 0.15) is 13.3 Å². The Morgan fingerprint density at radius 1 is 0.907 bits per heavy atom. The van der Waals surface area contributed by atoms with Gasteiger partial charge in [-0.3, -0.25) is 4.79 Å². The second-order valence-corrected chi connectivity index (χ2v) is 10.5. The van der Waals surface area contributed by atoms with E-state index in [-0.39, 0.29) is 0 Å². The number of aliphatic hydroxyl groups excluding tert-OH is 11. The van der Waals surface area contributed by atoms with Gasteiger partial charge in [0.25, 0.3) is 5.79 Å². The molecule has 20 heteroatoms. The maximum absolute atomic E-state index is 12.5. The molecule has 0 spiro atoms. The minimum absolute atomic E-state index is 0.749. The minimum Gasteiger partial charge on any atom is -0.477 e. The van der Waals surface area contributed by atoms with Crippen molar-refractivity contribution in [2.75, 3.05) is 19.8 Å². The standard InChI is InChI=1S/C23H39NO19/c1-6(28)24-11-7(29)2-23(22(37)38,42-18(11)12(31)8(30)3-25)43-19-13(32)9(4-26)40-21(16(19)35)41-17-10(5-27)39-20(36)15(34)14(17)33/h7-21,25-27,29-36H,2-5H2,1H3,(H,24,28)(H,37,38)/t7?,8-,9?,10?,11?,12-,13?,14?,15?,16?,17?,18?,19?,20?,21?,23?/m0/s1. The zero-order chi connectivity index (χ0) is 32.4. The lowest BCUT2D eigenvalue weighted by atomic mass is 9.88. The number of aliphatic carboxylic acids is 1. The maximum atomic E-state index is 12.5. The highest BCUT2D eigenvalue weighted by Crippen LogP contribution is 2.38. The van der Waals surface area contributed by atoms with Gasteiger partial charge in [0.2, 0.25) is 5.91 Å². The van der Waals surface area contributed by atoms with Gasteiger partial charge in [-0.05, 0) is 0 Å². The molecule has 3 aliphatic heterocycles. The molecule has 3 heterocycles. The van der Waals surface area contributed by atoms with Crippen LogP contribution in [0.4, 0.5) is 0 Å². The molecule has 3 aliphatic rings. The first-order chi connectivity index (χ1) is 20.1. The second-order valence-electron chi connectivity index (χ2n) is 10.5. The summed E-state index contributed by atoms with van der Waals surface area (Å²) in [4.78, 5) is 24.3. The summed E-state index contributed by atoms with van der Waals surface area (Å²) in [6, 6.07) is -1.54. The van der Waals surface area contributed by atoms with Crippen molar-refractivity contribution < 1.29 is 94.6 Å². The smallest absolute Gasteiger partial charge is 0.364 e. The highest BCUT2D eigenvalue weighted by atomic mass is 16.8. The van der Waals surface area contributed by atoms with E-state index in [2.05, 4.69) is 5.32 Å². The predicted octanol–water partition coefficient (Wildman–Crippen LogP) is -8.22. The molecule has 14 unspecified atom stereocenters. The normalized spacial score (nSPS) is 45.3. The average molecular weight is 634 g/mol. The molecule has 3 rings (SSSR count). The van der Waals surface area contributed by atoms with Crippen LogP contribution >= 0.6 is 0 Å². The van der Waals surface area contributed by atoms with Gasteiger partial charge >= 0.3 is 5.97 Å². The Labute approximate surface area is 243 Å². The molecule has 0 aliphatic carbocycles. The number of aliphatic hydroxyl groups is 11. The number of carbonyl (C=O) groups is 2. The summed E-state index contributed by atoms with van der Waals surface area (Å²) >= 11 is 0. The van der Waals surface area contributed by atoms with Gasteiger partial charge in [-0.1, -0.05) is 0 Å². The zero-order valence-corrected chi connectivity index (χ0v) is 22.7. The highest BCUT2D eigenvalue weighted by Gasteiger charge is 2.60. The van der Waals surface area contributed by atoms with E-state index in [1.165, 1.54) is 0 Å². The van der Waals surface area contributed by atoms with Gasteiger partial charge in [-0.15, -0.1) is 0 Å². The summed E-state index contributed by atoms with van der Waals surface area (Å²) in [5.41, 5.74) is 0. The number of rotatable bonds is 11. The molecule has 0 radical (unpaired) electrons. The first kappa shape index (κ1) is 35.8. The maximum Gasteiger partial charge on any atom is 0.364 e. The number of carbonyl (C=O) groups excluding carboxylic acids is 1. The van der Waals surface area contributed by atoms with Crippen LogP contribution in [0.5, 0.6) is 0 Å². The van der Waals surface area contributed by atoms with Gasteiger partial charge in [-0.2, -0.15) is 0 Å². The van der Waals surface area contributed by atoms with Crippen molar-refractivity contribution in [3.05, 3.63) is 0 Å². The number of amides is 1. The summed E-state index contributed by atoms with van der Waals surface area (Å²) < 4.78 is 26.8. The van der Waals surface area contributed by atoms with Gasteiger partial charge in [0.15, 0.2) is 12.6 Å². The lowest BCUT2D eigenvalue weighted by molar-refractivity contribution is -0.385. The summed E-state index contributed by atoms with van der Waals surface area (Å²) in [6.45, 7) is -1.85. The topological polar surface area (TPSA) is 335 Å². The molecule has 0 aromatic carbocycles. The van der Waals surface area contributed by atoms with E-state index in [1.807, 2.05) is 0 Å². The van der Waals surface area contributed by atoms with E-state index < -0.39 is 136 Å². The van der Waals surface area contributed by atoms with E-state index in [0.717, 1.165) is 6.92 Å². The third kappa shape index (κ3) is 7.41. The number of hydrogen-bond donors (Lipinski definition) is 13. The number of carboxylic acids is 1. The van der Waals surface area contributed by atoms with Crippen molar-refractivity contribution in [2.24, 2.45) is 0 Å². The molecule has 0 aromatic rings. The van der Waals surface area contributed by atoms with Crippen LogP contribution < -0.4 is 5.32 Å². The van der Waals surface area contributed by atoms with Crippen LogP contribution in [0.3, 0.4) is 0 Å². The van der Waals surface area contributed by atoms with E-state index in [4.69, 9.17) is 23.7 Å². The first-order valence-electron chi connectivity index (χ1n) is 13.2. The van der Waals surface area contributed by atoms with Crippen LogP contribution in [-0.2, 0) is 33.3 Å². The molecule has 0 bridgehead atoms. The average Bonchev–Trinajstić information content (AvgIpc) is 2.96. The van der Waals surface area contributed by atoms with Crippen molar-refractivity contribution in [1.29, 1.82) is 0 Å². The molecular formula is C23H39NO19. The number of ether oxygens (including phenoxy) is 5. The van der Waals surface area contributed by atoms with Crippen LogP contribution in [-0.4, -0.2) is 191 Å². The minimum atomic E-state index is -3.02. The van der Waals surface area contributed by atoms with Crippen LogP contribution in [0.25, 0.3) is 0 Å². The fraction of sp³-hybridized carbons (Fsp3) is 0.913. The molecule has 1 amide bonds. The van der Waals surface area contributed by atoms with Gasteiger partial charge in [-0.25, -0.2) is 4.79 Å². The van der Waals surface area contributed by atoms with E-state index >= 15 is 0 Å². The molecule has 250 valence electrons. The van der Waals surface area contributed by atoms with Crippen LogP contribution in [0.2, 0.25) is 0 Å². The molecular weight excluding hydrogens is 594 g/mol. The van der Waals surface area contributed by atoms with Crippen molar-refractivity contribution in [3.8, 4) is 0 Å². The molecule has 20 nitrogen and oxygen atoms in total. The molecule has 13 N–H and O–H groups in total. The monoisotopic (exact) mass is 633 g/mol. The molecule has 43 heavy (non-hydrogen) atoms. The molecule has 3 fully saturated rings. The van der Waals surface area contributed by atoms with Gasteiger partial charge in [0, 0.05) is 13.3 Å². The Morgan fingerprint density at radius 3 is 2.07 bits per heavy atom. The summed E-state index contributed by atoms with van der Waals surface area (Å²) in [7, 11) is 0. The van der Waals surface area contributed by atoms with Crippen molar-refractivity contribution in [3.63, 3.8) is 0 Å². The largest absolute Gasteiger partial charge is 0.477 e. The quantitative estimate of drug-likeness (QED) is 0.100. The number of hydrogen-bond acceptors (Lipinski definition) is 18. The third-order valence-electron chi connectivity index (χ3n) is 7.47. The van der Waals surface area contributed by atoms with Crippen molar-refractivity contribution in [2.45, 2.75) is 111 Å².